The first-order chi connectivity index (χ1) is 59.2. The largest absolute Gasteiger partial charge is 1.00 e. The van der Waals surface area contributed by atoms with Crippen molar-refractivity contribution in [2.24, 2.45) is 47.3 Å². The maximum absolute atomic E-state index is 11.7. The summed E-state index contributed by atoms with van der Waals surface area (Å²) >= 11 is 20.9. The summed E-state index contributed by atoms with van der Waals surface area (Å²) in [5.41, 5.74) is 0.995. The van der Waals surface area contributed by atoms with Crippen LogP contribution in [0.5, 0.6) is 0 Å². The van der Waals surface area contributed by atoms with Gasteiger partial charge in [-0.2, -0.15) is 8.42 Å². The van der Waals surface area contributed by atoms with Crippen LogP contribution in [0.4, 0.5) is 0 Å². The van der Waals surface area contributed by atoms with E-state index in [2.05, 4.69) is 101 Å². The Morgan fingerprint density at radius 3 is 0.638 bits per heavy atom. The molecule has 0 amide bonds. The predicted molar refractivity (Wildman–Crippen MR) is 527 cm³/mol. The van der Waals surface area contributed by atoms with Crippen LogP contribution in [-0.4, -0.2) is 271 Å². The van der Waals surface area contributed by atoms with E-state index in [1.54, 1.807) is 12.1 Å². The van der Waals surface area contributed by atoms with Crippen LogP contribution in [-0.2, 0) is 75.9 Å². The number of hydrogen-bond acceptors (Lipinski definition) is 22. The van der Waals surface area contributed by atoms with Gasteiger partial charge in [-0.1, -0.05) is 247 Å². The van der Waals surface area contributed by atoms with Gasteiger partial charge in [0, 0.05) is 79.4 Å². The first-order valence-electron chi connectivity index (χ1n) is 47.9. The maximum atomic E-state index is 11.7. The van der Waals surface area contributed by atoms with Gasteiger partial charge < -0.3 is 117 Å². The molecule has 8 fully saturated rings. The molecule has 9 rings (SSSR count). The molecule has 8 aliphatic rings. The fraction of sp³-hybridized carbons (Fsp3) is 0.937. The number of hydrogen-bond donors (Lipinski definition) is 4. The standard InChI is InChI=1S/C11H15ClO4S.2C10H19ClO2.2C10H19IO2.2C10H20O3.2C6H12O.4C3H8.HI.3Na.2H2O/c1-10-2-4-11(5-3-10)17(13,14)16-9-8-15-7-6-12;6*11-5-6-12-7-8-13-9-10-3-1-2-4-10;2*7-5-6-3-1-2-4-6;4*1-3-2;;;;;;/h2-5H,6-9H2,1H3;4*10H,1-9H2;2*10-11H,1-9H2;2*6-7H,1-5H2;4*3H2,1-2H3;1H;;;;2*1H2/q;;;;;;;;;;;;;;3*+1;;/p-3. The SMILES string of the molecule is CCC.CCC.CCC.CCC.Cc1ccc(S(=O)(=O)OCCOCCCl)cc1.ClCCOCCOCC1CCCC1.ClCCOCCOCC1CCCC1.ICCOCCOCC1CCCC1.ICCOCCOCC1CCCC1.OCC1CCCC1.OCC1CCCC1.OCCOCCOCC1CCCC1.OCCOCCOCC1CCCC1.[I-].[Na+].[Na+].[Na+].[OH-].[OH-]. The number of aliphatic hydroxyl groups excluding tert-OH is 4. The van der Waals surface area contributed by atoms with Crippen LogP contribution in [0.15, 0.2) is 29.2 Å². The average molecular weight is 2270 g/mol. The molecule has 8 saturated carbocycles. The molecule has 0 aromatic heterocycles. The Morgan fingerprint density at radius 1 is 0.291 bits per heavy atom. The van der Waals surface area contributed by atoms with Crippen molar-refractivity contribution >= 4 is 90.1 Å². The Bertz CT molecular complexity index is 1910. The van der Waals surface area contributed by atoms with Gasteiger partial charge in [-0.05, 0) is 169 Å². The molecule has 0 bridgehead atoms. The van der Waals surface area contributed by atoms with Crippen LogP contribution in [0.2, 0.25) is 0 Å². The Hall–Kier alpha value is 4.43. The Morgan fingerprint density at radius 2 is 0.465 bits per heavy atom. The third kappa shape index (κ3) is 116. The minimum absolute atomic E-state index is 0. The van der Waals surface area contributed by atoms with E-state index in [1.165, 1.54) is 243 Å². The van der Waals surface area contributed by atoms with Crippen LogP contribution in [0, 0.1) is 54.3 Å². The minimum atomic E-state index is -3.68. The van der Waals surface area contributed by atoms with Gasteiger partial charge in [0.15, 0.2) is 0 Å². The van der Waals surface area contributed by atoms with E-state index in [-0.39, 0.29) is 155 Å². The van der Waals surface area contributed by atoms with Crippen molar-refractivity contribution in [2.45, 2.75) is 298 Å². The number of aliphatic hydroxyl groups is 4. The van der Waals surface area contributed by atoms with Crippen LogP contribution < -0.4 is 113 Å². The third-order valence-electron chi connectivity index (χ3n) is 20.0. The molecule has 0 radical (unpaired) electrons. The van der Waals surface area contributed by atoms with Crippen LogP contribution in [0.3, 0.4) is 0 Å². The Labute approximate surface area is 904 Å². The molecule has 22 nitrogen and oxygen atoms in total. The molecule has 0 heterocycles. The molecular weight excluding hydrogens is 2080 g/mol. The molecule has 0 unspecified atom stereocenters. The van der Waals surface area contributed by atoms with E-state index in [9.17, 15) is 8.42 Å². The summed E-state index contributed by atoms with van der Waals surface area (Å²) < 4.78 is 99.4. The van der Waals surface area contributed by atoms with E-state index in [0.29, 0.717) is 129 Å². The molecule has 0 atom stereocenters. The van der Waals surface area contributed by atoms with Gasteiger partial charge in [0.25, 0.3) is 10.1 Å². The fourth-order valence-corrected chi connectivity index (χ4v) is 15.6. The second-order valence-electron chi connectivity index (χ2n) is 32.1. The summed E-state index contributed by atoms with van der Waals surface area (Å²) in [6.07, 6.45) is 48.2. The number of aryl methyl sites for hydroxylation is 1. The number of alkyl halides is 5. The molecular formula is C95H189Cl3I3Na3O22S. The van der Waals surface area contributed by atoms with E-state index in [4.69, 9.17) is 121 Å². The summed E-state index contributed by atoms with van der Waals surface area (Å²) in [5.74, 6) is 7.71. The van der Waals surface area contributed by atoms with Crippen molar-refractivity contribution in [3.8, 4) is 0 Å². The van der Waals surface area contributed by atoms with Gasteiger partial charge in [-0.15, -0.1) is 34.8 Å². The molecule has 0 aliphatic heterocycles. The Balaban J connectivity index is -0.000000149. The van der Waals surface area contributed by atoms with Crippen molar-refractivity contribution in [1.82, 2.24) is 0 Å². The normalized spacial score (nSPS) is 15.9. The Kier molecular flexibility index (Phi) is 153. The van der Waals surface area contributed by atoms with Crippen molar-refractivity contribution in [1.29, 1.82) is 0 Å². The van der Waals surface area contributed by atoms with Gasteiger partial charge >= 0.3 is 88.7 Å². The van der Waals surface area contributed by atoms with Crippen LogP contribution >= 0.6 is 80.0 Å². The van der Waals surface area contributed by atoms with Gasteiger partial charge in [0.1, 0.15) is 0 Å². The number of rotatable bonds is 51. The number of ether oxygens (including phenoxy) is 13. The first kappa shape index (κ1) is 152. The molecule has 1 aromatic carbocycles. The van der Waals surface area contributed by atoms with Gasteiger partial charge in [0.05, 0.1) is 157 Å². The van der Waals surface area contributed by atoms with E-state index < -0.39 is 10.1 Å². The van der Waals surface area contributed by atoms with Crippen LogP contribution in [0.25, 0.3) is 0 Å². The first-order valence-corrected chi connectivity index (χ1v) is 53.9. The number of benzene rings is 1. The molecule has 1 aromatic rings. The second kappa shape index (κ2) is 128. The summed E-state index contributed by atoms with van der Waals surface area (Å²) in [7, 11) is -3.68. The van der Waals surface area contributed by atoms with Crippen molar-refractivity contribution in [3.63, 3.8) is 0 Å². The van der Waals surface area contributed by atoms with E-state index >= 15 is 0 Å². The third-order valence-corrected chi connectivity index (χ3v) is 22.7. The predicted octanol–water partition coefficient (Wildman–Crippen LogP) is 10.2. The second-order valence-corrected chi connectivity index (χ2v) is 37.0. The smallest absolute Gasteiger partial charge is 1.00 e. The molecule has 0 saturated heterocycles. The van der Waals surface area contributed by atoms with Crippen LogP contribution in [0.1, 0.15) is 292 Å². The molecule has 32 heteroatoms. The zero-order chi connectivity index (χ0) is 89.9. The molecule has 0 spiro atoms. The summed E-state index contributed by atoms with van der Waals surface area (Å²) in [4.78, 5) is 0.153. The van der Waals surface area contributed by atoms with E-state index in [1.807, 2.05) is 6.92 Å². The van der Waals surface area contributed by atoms with E-state index in [0.717, 1.165) is 129 Å². The van der Waals surface area contributed by atoms with Crippen molar-refractivity contribution in [3.05, 3.63) is 29.8 Å². The van der Waals surface area contributed by atoms with Gasteiger partial charge in [-0.3, -0.25) is 4.18 Å². The average Bonchev–Trinajstić information content (AvgIpc) is 1.48. The zero-order valence-corrected chi connectivity index (χ0v) is 98.3. The molecule has 127 heavy (non-hydrogen) atoms. The van der Waals surface area contributed by atoms with Crippen molar-refractivity contribution in [2.75, 3.05) is 231 Å². The van der Waals surface area contributed by atoms with Gasteiger partial charge in [0.2, 0.25) is 0 Å². The quantitative estimate of drug-likeness (QED) is 0.0155. The topological polar surface area (TPSA) is 304 Å². The fourth-order valence-electron chi connectivity index (χ4n) is 13.7. The molecule has 752 valence electrons. The zero-order valence-electron chi connectivity index (χ0n) is 82.7. The monoisotopic (exact) mass is 2270 g/mol. The minimum Gasteiger partial charge on any atom is -1.00 e. The molecule has 8 aliphatic carbocycles. The summed E-state index contributed by atoms with van der Waals surface area (Å²) in [6.45, 7) is 38.2. The molecule has 6 N–H and O–H groups in total. The maximum Gasteiger partial charge on any atom is 1.00 e. The summed E-state index contributed by atoms with van der Waals surface area (Å²) in [6, 6.07) is 6.48. The van der Waals surface area contributed by atoms with Gasteiger partial charge in [-0.25, -0.2) is 0 Å². The van der Waals surface area contributed by atoms with Crippen molar-refractivity contribution < 1.29 is 218 Å². The summed E-state index contributed by atoms with van der Waals surface area (Å²) in [5, 5.41) is 34.0. The number of halogens is 6.